The van der Waals surface area contributed by atoms with E-state index in [0.29, 0.717) is 17.1 Å². The van der Waals surface area contributed by atoms with Crippen molar-refractivity contribution in [2.24, 2.45) is 0 Å². The number of anilines is 2. The van der Waals surface area contributed by atoms with Crippen LogP contribution in [0.2, 0.25) is 0 Å². The number of hydrogen-bond acceptors (Lipinski definition) is 4. The van der Waals surface area contributed by atoms with Crippen molar-refractivity contribution in [3.8, 4) is 5.75 Å². The van der Waals surface area contributed by atoms with Gasteiger partial charge in [0.1, 0.15) is 5.75 Å². The zero-order chi connectivity index (χ0) is 15.6. The molecule has 2 aromatic carbocycles. The van der Waals surface area contributed by atoms with Crippen LogP contribution in [0.25, 0.3) is 0 Å². The minimum Gasteiger partial charge on any atom is -0.495 e. The predicted octanol–water partition coefficient (Wildman–Crippen LogP) is 3.15. The molecule has 0 atom stereocenters. The molecule has 0 aliphatic carbocycles. The number of methoxy groups -OCH3 is 1. The maximum Gasteiger partial charge on any atom is 0.262 e. The van der Waals surface area contributed by atoms with Crippen LogP contribution in [0, 0.1) is 6.92 Å². The van der Waals surface area contributed by atoms with Crippen LogP contribution in [0.5, 0.6) is 5.75 Å². The topological polar surface area (TPSA) is 81.4 Å². The highest BCUT2D eigenvalue weighted by atomic mass is 79.9. The van der Waals surface area contributed by atoms with Gasteiger partial charge in [0.05, 0.1) is 23.4 Å². The molecule has 0 aliphatic rings. The van der Waals surface area contributed by atoms with E-state index in [-0.39, 0.29) is 4.90 Å². The van der Waals surface area contributed by atoms with Crippen LogP contribution in [0.15, 0.2) is 45.8 Å². The van der Waals surface area contributed by atoms with E-state index >= 15 is 0 Å². The Hall–Kier alpha value is -1.73. The Morgan fingerprint density at radius 3 is 2.62 bits per heavy atom. The summed E-state index contributed by atoms with van der Waals surface area (Å²) in [5, 5.41) is 0. The molecule has 2 rings (SSSR count). The fraction of sp³-hybridized carbons (Fsp3) is 0.143. The van der Waals surface area contributed by atoms with Crippen molar-refractivity contribution in [2.75, 3.05) is 17.6 Å². The summed E-state index contributed by atoms with van der Waals surface area (Å²) in [6.07, 6.45) is 0. The molecule has 0 saturated heterocycles. The average molecular weight is 371 g/mol. The molecule has 0 radical (unpaired) electrons. The lowest BCUT2D eigenvalue weighted by molar-refractivity contribution is 0.415. The van der Waals surface area contributed by atoms with Crippen LogP contribution in [0.4, 0.5) is 11.4 Å². The lowest BCUT2D eigenvalue weighted by Crippen LogP contribution is -2.14. The molecule has 0 unspecified atom stereocenters. The van der Waals surface area contributed by atoms with E-state index in [9.17, 15) is 8.42 Å². The summed E-state index contributed by atoms with van der Waals surface area (Å²) in [4.78, 5) is 0.0907. The lowest BCUT2D eigenvalue weighted by atomic mass is 10.2. The minimum atomic E-state index is -3.71. The number of hydrogen-bond donors (Lipinski definition) is 2. The number of benzene rings is 2. The maximum absolute atomic E-state index is 12.4. The van der Waals surface area contributed by atoms with Crippen LogP contribution in [0.1, 0.15) is 5.56 Å². The Labute approximate surface area is 132 Å². The first-order chi connectivity index (χ1) is 9.85. The Morgan fingerprint density at radius 2 is 1.95 bits per heavy atom. The van der Waals surface area contributed by atoms with Crippen molar-refractivity contribution in [1.82, 2.24) is 0 Å². The van der Waals surface area contributed by atoms with Gasteiger partial charge in [-0.3, -0.25) is 4.72 Å². The molecule has 0 spiro atoms. The number of nitrogen functional groups attached to an aromatic ring is 1. The first kappa shape index (κ1) is 15.7. The van der Waals surface area contributed by atoms with E-state index in [1.807, 2.05) is 13.0 Å². The van der Waals surface area contributed by atoms with Crippen LogP contribution in [-0.2, 0) is 10.0 Å². The van der Waals surface area contributed by atoms with Crippen molar-refractivity contribution in [1.29, 1.82) is 0 Å². The molecule has 7 heteroatoms. The van der Waals surface area contributed by atoms with Gasteiger partial charge in [-0.05, 0) is 36.8 Å². The zero-order valence-corrected chi connectivity index (χ0v) is 14.0. The van der Waals surface area contributed by atoms with E-state index in [0.717, 1.165) is 10.0 Å². The Bertz CT molecular complexity index is 776. The lowest BCUT2D eigenvalue weighted by Gasteiger charge is -2.13. The van der Waals surface area contributed by atoms with E-state index in [2.05, 4.69) is 20.7 Å². The summed E-state index contributed by atoms with van der Waals surface area (Å²) in [6.45, 7) is 1.82. The van der Waals surface area contributed by atoms with Crippen LogP contribution >= 0.6 is 15.9 Å². The van der Waals surface area contributed by atoms with Crippen LogP contribution in [-0.4, -0.2) is 15.5 Å². The Kier molecular flexibility index (Phi) is 4.43. The largest absolute Gasteiger partial charge is 0.495 e. The highest BCUT2D eigenvalue weighted by Crippen LogP contribution is 2.28. The van der Waals surface area contributed by atoms with Gasteiger partial charge in [-0.2, -0.15) is 0 Å². The second kappa shape index (κ2) is 5.95. The van der Waals surface area contributed by atoms with Gasteiger partial charge in [0.15, 0.2) is 0 Å². The molecule has 0 aliphatic heterocycles. The van der Waals surface area contributed by atoms with Gasteiger partial charge in [0.2, 0.25) is 0 Å². The molecule has 0 fully saturated rings. The van der Waals surface area contributed by atoms with E-state index in [4.69, 9.17) is 10.5 Å². The van der Waals surface area contributed by atoms with Crippen molar-refractivity contribution in [3.63, 3.8) is 0 Å². The monoisotopic (exact) mass is 370 g/mol. The number of nitrogens with two attached hydrogens (primary N) is 1. The standard InChI is InChI=1S/C14H15BrN2O3S/c1-9-11(15)4-3-5-13(9)17-21(18,19)10-6-7-12(16)14(8-10)20-2/h3-8,17H,16H2,1-2H3. The molecule has 0 heterocycles. The number of halogens is 1. The summed E-state index contributed by atoms with van der Waals surface area (Å²) in [5.74, 6) is 0.323. The van der Waals surface area contributed by atoms with Crippen molar-refractivity contribution >= 4 is 37.3 Å². The quantitative estimate of drug-likeness (QED) is 0.809. The van der Waals surface area contributed by atoms with Gasteiger partial charge in [-0.25, -0.2) is 8.42 Å². The number of sulfonamides is 1. The van der Waals surface area contributed by atoms with Gasteiger partial charge >= 0.3 is 0 Å². The van der Waals surface area contributed by atoms with Gasteiger partial charge in [0, 0.05) is 10.5 Å². The molecule has 112 valence electrons. The summed E-state index contributed by atoms with van der Waals surface area (Å²) >= 11 is 3.37. The third-order valence-electron chi connectivity index (χ3n) is 3.03. The SMILES string of the molecule is COc1cc(S(=O)(=O)Nc2cccc(Br)c2C)ccc1N. The number of rotatable bonds is 4. The minimum absolute atomic E-state index is 0.0907. The van der Waals surface area contributed by atoms with Gasteiger partial charge in [0.25, 0.3) is 10.0 Å². The molecule has 3 N–H and O–H groups in total. The smallest absolute Gasteiger partial charge is 0.262 e. The Morgan fingerprint density at radius 1 is 1.24 bits per heavy atom. The van der Waals surface area contributed by atoms with Crippen molar-refractivity contribution in [2.45, 2.75) is 11.8 Å². The van der Waals surface area contributed by atoms with E-state index in [1.165, 1.54) is 25.3 Å². The van der Waals surface area contributed by atoms with Crippen molar-refractivity contribution < 1.29 is 13.2 Å². The highest BCUT2D eigenvalue weighted by Gasteiger charge is 2.17. The third-order valence-corrected chi connectivity index (χ3v) is 5.25. The fourth-order valence-electron chi connectivity index (χ4n) is 1.78. The first-order valence-electron chi connectivity index (χ1n) is 6.06. The second-order valence-corrected chi connectivity index (χ2v) is 6.96. The van der Waals surface area contributed by atoms with E-state index < -0.39 is 10.0 Å². The van der Waals surface area contributed by atoms with Crippen molar-refractivity contribution in [3.05, 3.63) is 46.4 Å². The van der Waals surface area contributed by atoms with Gasteiger partial charge in [-0.1, -0.05) is 22.0 Å². The highest BCUT2D eigenvalue weighted by molar-refractivity contribution is 9.10. The van der Waals surface area contributed by atoms with Gasteiger partial charge in [-0.15, -0.1) is 0 Å². The molecule has 5 nitrogen and oxygen atoms in total. The predicted molar refractivity (Wildman–Crippen MR) is 87.1 cm³/mol. The van der Waals surface area contributed by atoms with Crippen LogP contribution < -0.4 is 15.2 Å². The third kappa shape index (κ3) is 3.30. The maximum atomic E-state index is 12.4. The van der Waals surface area contributed by atoms with E-state index in [1.54, 1.807) is 12.1 Å². The fourth-order valence-corrected chi connectivity index (χ4v) is 3.28. The molecule has 0 amide bonds. The number of nitrogens with one attached hydrogen (secondary N) is 1. The average Bonchev–Trinajstić information content (AvgIpc) is 2.44. The van der Waals surface area contributed by atoms with Gasteiger partial charge < -0.3 is 10.5 Å². The molecule has 0 aromatic heterocycles. The Balaban J connectivity index is 2.41. The molecule has 2 aromatic rings. The summed E-state index contributed by atoms with van der Waals surface area (Å²) in [7, 11) is -2.27. The summed E-state index contributed by atoms with van der Waals surface area (Å²) < 4.78 is 33.3. The molecular weight excluding hydrogens is 356 g/mol. The first-order valence-corrected chi connectivity index (χ1v) is 8.34. The number of ether oxygens (including phenoxy) is 1. The van der Waals surface area contributed by atoms with Crippen LogP contribution in [0.3, 0.4) is 0 Å². The molecule has 0 bridgehead atoms. The molecule has 0 saturated carbocycles. The molecule has 21 heavy (non-hydrogen) atoms. The zero-order valence-electron chi connectivity index (χ0n) is 11.6. The normalized spacial score (nSPS) is 11.2. The summed E-state index contributed by atoms with van der Waals surface area (Å²) in [5.41, 5.74) is 7.40. The summed E-state index contributed by atoms with van der Waals surface area (Å²) in [6, 6.07) is 9.64. The molecular formula is C14H15BrN2O3S. The second-order valence-electron chi connectivity index (χ2n) is 4.42.